The molecule has 1 aliphatic rings. The Labute approximate surface area is 127 Å². The van der Waals surface area contributed by atoms with Gasteiger partial charge in [0.2, 0.25) is 0 Å². The Hall–Kier alpha value is -1.50. The van der Waals surface area contributed by atoms with Crippen molar-refractivity contribution in [2.45, 2.75) is 19.0 Å². The van der Waals surface area contributed by atoms with Crippen molar-refractivity contribution in [2.24, 2.45) is 0 Å². The zero-order valence-electron chi connectivity index (χ0n) is 11.4. The van der Waals surface area contributed by atoms with Gasteiger partial charge in [0.05, 0.1) is 19.8 Å². The van der Waals surface area contributed by atoms with Crippen molar-refractivity contribution in [3.8, 4) is 0 Å². The molecule has 1 N–H and O–H groups in total. The number of halogens is 2. The first kappa shape index (κ1) is 14.4. The van der Waals surface area contributed by atoms with Crippen LogP contribution in [0, 0.1) is 5.82 Å². The third kappa shape index (κ3) is 3.40. The summed E-state index contributed by atoms with van der Waals surface area (Å²) < 4.78 is 21.0. The van der Waals surface area contributed by atoms with E-state index in [1.165, 1.54) is 12.4 Å². The molecular weight excluding hydrogens is 295 g/mol. The zero-order valence-corrected chi connectivity index (χ0v) is 12.2. The standard InChI is InChI=1S/C14H16ClFN4O/c15-12-2-1-3-13(16)11(12)7-20-14(18-9-19-20)6-10-8-21-5-4-17-10/h1-3,9-10,17H,4-8H2/t10-/m1/s1. The number of nitrogens with one attached hydrogen (secondary N) is 1. The molecule has 1 fully saturated rings. The lowest BCUT2D eigenvalue weighted by Crippen LogP contribution is -2.43. The molecule has 1 aliphatic heterocycles. The van der Waals surface area contributed by atoms with Gasteiger partial charge in [-0.2, -0.15) is 5.10 Å². The lowest BCUT2D eigenvalue weighted by Gasteiger charge is -2.23. The molecule has 0 saturated carbocycles. The third-order valence-electron chi connectivity index (χ3n) is 3.49. The predicted molar refractivity (Wildman–Crippen MR) is 76.8 cm³/mol. The van der Waals surface area contributed by atoms with E-state index in [1.807, 2.05) is 0 Å². The molecule has 2 heterocycles. The van der Waals surface area contributed by atoms with Gasteiger partial charge < -0.3 is 10.1 Å². The van der Waals surface area contributed by atoms with E-state index < -0.39 is 0 Å². The van der Waals surface area contributed by atoms with Crippen molar-refractivity contribution < 1.29 is 9.13 Å². The van der Waals surface area contributed by atoms with Crippen LogP contribution in [0.1, 0.15) is 11.4 Å². The molecule has 0 bridgehead atoms. The maximum absolute atomic E-state index is 13.9. The van der Waals surface area contributed by atoms with Crippen LogP contribution in [0.3, 0.4) is 0 Å². The molecule has 1 atom stereocenters. The molecule has 7 heteroatoms. The van der Waals surface area contributed by atoms with Gasteiger partial charge in [-0.1, -0.05) is 17.7 Å². The highest BCUT2D eigenvalue weighted by molar-refractivity contribution is 6.31. The first-order valence-corrected chi connectivity index (χ1v) is 7.22. The maximum atomic E-state index is 13.9. The fourth-order valence-corrected chi connectivity index (χ4v) is 2.61. The predicted octanol–water partition coefficient (Wildman–Crippen LogP) is 1.65. The summed E-state index contributed by atoms with van der Waals surface area (Å²) in [6.45, 7) is 2.48. The number of nitrogens with zero attached hydrogens (tertiary/aromatic N) is 3. The largest absolute Gasteiger partial charge is 0.379 e. The van der Waals surface area contributed by atoms with Crippen molar-refractivity contribution in [1.29, 1.82) is 0 Å². The minimum Gasteiger partial charge on any atom is -0.379 e. The lowest BCUT2D eigenvalue weighted by atomic mass is 10.1. The van der Waals surface area contributed by atoms with Gasteiger partial charge in [-0.25, -0.2) is 14.1 Å². The molecule has 5 nitrogen and oxygen atoms in total. The van der Waals surface area contributed by atoms with Crippen LogP contribution in [-0.4, -0.2) is 40.6 Å². The highest BCUT2D eigenvalue weighted by Gasteiger charge is 2.18. The van der Waals surface area contributed by atoms with Gasteiger partial charge in [-0.05, 0) is 12.1 Å². The number of morpholine rings is 1. The second kappa shape index (κ2) is 6.51. The number of rotatable bonds is 4. The number of benzene rings is 1. The van der Waals surface area contributed by atoms with E-state index in [1.54, 1.807) is 16.8 Å². The Bertz CT molecular complexity index is 593. The lowest BCUT2D eigenvalue weighted by molar-refractivity contribution is 0.0761. The summed E-state index contributed by atoms with van der Waals surface area (Å²) in [5.41, 5.74) is 0.429. The summed E-state index contributed by atoms with van der Waals surface area (Å²) in [7, 11) is 0. The number of hydrogen-bond donors (Lipinski definition) is 1. The van der Waals surface area contributed by atoms with Crippen LogP contribution in [-0.2, 0) is 17.7 Å². The maximum Gasteiger partial charge on any atom is 0.138 e. The van der Waals surface area contributed by atoms with Gasteiger partial charge >= 0.3 is 0 Å². The molecular formula is C14H16ClFN4O. The molecule has 112 valence electrons. The number of ether oxygens (including phenoxy) is 1. The van der Waals surface area contributed by atoms with Crippen LogP contribution < -0.4 is 5.32 Å². The number of aromatic nitrogens is 3. The van der Waals surface area contributed by atoms with Crippen molar-refractivity contribution in [2.75, 3.05) is 19.8 Å². The Balaban J connectivity index is 1.76. The summed E-state index contributed by atoms with van der Waals surface area (Å²) in [4.78, 5) is 4.26. The smallest absolute Gasteiger partial charge is 0.138 e. The molecule has 2 aromatic rings. The first-order chi connectivity index (χ1) is 10.2. The average molecular weight is 311 g/mol. The van der Waals surface area contributed by atoms with Crippen LogP contribution >= 0.6 is 11.6 Å². The Morgan fingerprint density at radius 1 is 1.48 bits per heavy atom. The van der Waals surface area contributed by atoms with E-state index >= 15 is 0 Å². The van der Waals surface area contributed by atoms with Crippen LogP contribution in [0.4, 0.5) is 4.39 Å². The van der Waals surface area contributed by atoms with Crippen molar-refractivity contribution >= 4 is 11.6 Å². The monoisotopic (exact) mass is 310 g/mol. The van der Waals surface area contributed by atoms with E-state index in [0.717, 1.165) is 19.0 Å². The van der Waals surface area contributed by atoms with E-state index in [9.17, 15) is 4.39 Å². The van der Waals surface area contributed by atoms with E-state index in [2.05, 4.69) is 15.4 Å². The second-order valence-electron chi connectivity index (χ2n) is 4.96. The first-order valence-electron chi connectivity index (χ1n) is 6.85. The fourth-order valence-electron chi connectivity index (χ4n) is 2.38. The summed E-state index contributed by atoms with van der Waals surface area (Å²) >= 11 is 6.06. The highest BCUT2D eigenvalue weighted by atomic mass is 35.5. The molecule has 1 aromatic carbocycles. The van der Waals surface area contributed by atoms with Gasteiger partial charge in [0.25, 0.3) is 0 Å². The molecule has 1 aromatic heterocycles. The van der Waals surface area contributed by atoms with E-state index in [-0.39, 0.29) is 18.4 Å². The molecule has 21 heavy (non-hydrogen) atoms. The van der Waals surface area contributed by atoms with Gasteiger partial charge in [-0.3, -0.25) is 0 Å². The third-order valence-corrected chi connectivity index (χ3v) is 3.85. The van der Waals surface area contributed by atoms with Gasteiger partial charge in [0.1, 0.15) is 18.0 Å². The van der Waals surface area contributed by atoms with Gasteiger partial charge in [-0.15, -0.1) is 0 Å². The summed E-state index contributed by atoms with van der Waals surface area (Å²) in [6.07, 6.45) is 2.17. The summed E-state index contributed by atoms with van der Waals surface area (Å²) in [5.74, 6) is 0.459. The normalized spacial score (nSPS) is 18.9. The van der Waals surface area contributed by atoms with Crippen LogP contribution in [0.2, 0.25) is 5.02 Å². The molecule has 0 radical (unpaired) electrons. The topological polar surface area (TPSA) is 52.0 Å². The van der Waals surface area contributed by atoms with Crippen LogP contribution in [0.5, 0.6) is 0 Å². The van der Waals surface area contributed by atoms with Crippen molar-refractivity contribution in [1.82, 2.24) is 20.1 Å². The highest BCUT2D eigenvalue weighted by Crippen LogP contribution is 2.20. The Kier molecular flexibility index (Phi) is 4.48. The Morgan fingerprint density at radius 3 is 3.14 bits per heavy atom. The minimum atomic E-state index is -0.330. The average Bonchev–Trinajstić information content (AvgIpc) is 2.91. The molecule has 0 spiro atoms. The zero-order chi connectivity index (χ0) is 14.7. The molecule has 1 saturated heterocycles. The molecule has 0 aliphatic carbocycles. The van der Waals surface area contributed by atoms with Gasteiger partial charge in [0, 0.05) is 29.6 Å². The SMILES string of the molecule is Fc1cccc(Cl)c1Cn1ncnc1C[C@@H]1COCCN1. The van der Waals surface area contributed by atoms with Crippen molar-refractivity contribution in [3.63, 3.8) is 0 Å². The molecule has 0 amide bonds. The second-order valence-corrected chi connectivity index (χ2v) is 5.37. The quantitative estimate of drug-likeness (QED) is 0.933. The van der Waals surface area contributed by atoms with Gasteiger partial charge in [0.15, 0.2) is 0 Å². The molecule has 0 unspecified atom stereocenters. The summed E-state index contributed by atoms with van der Waals surface area (Å²) in [6, 6.07) is 4.87. The van der Waals surface area contributed by atoms with E-state index in [0.29, 0.717) is 23.6 Å². The number of hydrogen-bond acceptors (Lipinski definition) is 4. The summed E-state index contributed by atoms with van der Waals surface area (Å²) in [5, 5.41) is 7.93. The van der Waals surface area contributed by atoms with Crippen LogP contribution in [0.25, 0.3) is 0 Å². The minimum absolute atomic E-state index is 0.206. The van der Waals surface area contributed by atoms with Crippen LogP contribution in [0.15, 0.2) is 24.5 Å². The van der Waals surface area contributed by atoms with Crippen molar-refractivity contribution in [3.05, 3.63) is 46.8 Å². The van der Waals surface area contributed by atoms with E-state index in [4.69, 9.17) is 16.3 Å². The fraction of sp³-hybridized carbons (Fsp3) is 0.429. The molecule has 3 rings (SSSR count). The Morgan fingerprint density at radius 2 is 2.38 bits per heavy atom.